The van der Waals surface area contributed by atoms with E-state index < -0.39 is 4.92 Å². The van der Waals surface area contributed by atoms with Gasteiger partial charge in [0.15, 0.2) is 0 Å². The molecule has 0 amide bonds. The van der Waals surface area contributed by atoms with Crippen LogP contribution >= 0.6 is 0 Å². The number of anilines is 2. The van der Waals surface area contributed by atoms with Crippen LogP contribution in [0.25, 0.3) is 0 Å². The summed E-state index contributed by atoms with van der Waals surface area (Å²) in [6.07, 6.45) is 0. The fraction of sp³-hybridized carbons (Fsp3) is 0.0769. The summed E-state index contributed by atoms with van der Waals surface area (Å²) in [4.78, 5) is 10.2. The van der Waals surface area contributed by atoms with E-state index in [4.69, 9.17) is 0 Å². The van der Waals surface area contributed by atoms with E-state index in [1.807, 2.05) is 0 Å². The van der Waals surface area contributed by atoms with Crippen LogP contribution in [0, 0.1) is 22.9 Å². The SMILES string of the molecule is Cc1cc(F)ccc1Nc1cccc([N+](=O)[O-])c1. The van der Waals surface area contributed by atoms with Gasteiger partial charge in [-0.3, -0.25) is 10.1 Å². The maximum absolute atomic E-state index is 12.9. The predicted molar refractivity (Wildman–Crippen MR) is 67.5 cm³/mol. The predicted octanol–water partition coefficient (Wildman–Crippen LogP) is 3.79. The van der Waals surface area contributed by atoms with E-state index in [1.54, 1.807) is 25.1 Å². The molecule has 0 aliphatic rings. The zero-order valence-electron chi connectivity index (χ0n) is 9.68. The maximum Gasteiger partial charge on any atom is 0.271 e. The Labute approximate surface area is 103 Å². The molecule has 0 radical (unpaired) electrons. The molecule has 2 aromatic rings. The largest absolute Gasteiger partial charge is 0.355 e. The van der Waals surface area contributed by atoms with Gasteiger partial charge in [0.25, 0.3) is 5.69 Å². The van der Waals surface area contributed by atoms with Gasteiger partial charge in [0.05, 0.1) is 4.92 Å². The average molecular weight is 246 g/mol. The highest BCUT2D eigenvalue weighted by Crippen LogP contribution is 2.24. The summed E-state index contributed by atoms with van der Waals surface area (Å²) in [6, 6.07) is 10.5. The van der Waals surface area contributed by atoms with E-state index in [-0.39, 0.29) is 11.5 Å². The Morgan fingerprint density at radius 3 is 2.67 bits per heavy atom. The molecule has 0 aliphatic heterocycles. The molecule has 0 unspecified atom stereocenters. The minimum absolute atomic E-state index is 0.0137. The normalized spacial score (nSPS) is 10.1. The van der Waals surface area contributed by atoms with Crippen molar-refractivity contribution in [3.8, 4) is 0 Å². The van der Waals surface area contributed by atoms with E-state index in [0.717, 1.165) is 11.3 Å². The van der Waals surface area contributed by atoms with Crippen LogP contribution < -0.4 is 5.32 Å². The zero-order valence-corrected chi connectivity index (χ0v) is 9.68. The quantitative estimate of drug-likeness (QED) is 0.662. The summed E-state index contributed by atoms with van der Waals surface area (Å²) in [5.74, 6) is -0.308. The molecule has 92 valence electrons. The zero-order chi connectivity index (χ0) is 13.1. The lowest BCUT2D eigenvalue weighted by Gasteiger charge is -2.09. The molecular weight excluding hydrogens is 235 g/mol. The molecule has 0 aromatic heterocycles. The molecule has 18 heavy (non-hydrogen) atoms. The van der Waals surface area contributed by atoms with Gasteiger partial charge in [-0.2, -0.15) is 0 Å². The smallest absolute Gasteiger partial charge is 0.271 e. The number of hydrogen-bond donors (Lipinski definition) is 1. The molecule has 0 fully saturated rings. The highest BCUT2D eigenvalue weighted by molar-refractivity contribution is 5.64. The van der Waals surface area contributed by atoms with Gasteiger partial charge in [0, 0.05) is 23.5 Å². The van der Waals surface area contributed by atoms with Gasteiger partial charge >= 0.3 is 0 Å². The van der Waals surface area contributed by atoms with Gasteiger partial charge in [-0.25, -0.2) is 4.39 Å². The van der Waals surface area contributed by atoms with Gasteiger partial charge < -0.3 is 5.32 Å². The van der Waals surface area contributed by atoms with E-state index in [2.05, 4.69) is 5.32 Å². The van der Waals surface area contributed by atoms with Gasteiger partial charge in [-0.05, 0) is 36.8 Å². The number of nitro benzene ring substituents is 1. The van der Waals surface area contributed by atoms with Crippen molar-refractivity contribution in [2.24, 2.45) is 0 Å². The van der Waals surface area contributed by atoms with Gasteiger partial charge in [-0.1, -0.05) is 6.07 Å². The molecular formula is C13H11FN2O2. The number of nitro groups is 1. The van der Waals surface area contributed by atoms with Crippen LogP contribution in [0.15, 0.2) is 42.5 Å². The van der Waals surface area contributed by atoms with Crippen LogP contribution in [-0.4, -0.2) is 4.92 Å². The fourth-order valence-corrected chi connectivity index (χ4v) is 1.62. The standard InChI is InChI=1S/C13H11FN2O2/c1-9-7-10(14)5-6-13(9)15-11-3-2-4-12(8-11)16(17)18/h2-8,15H,1H3. The first-order chi connectivity index (χ1) is 8.56. The van der Waals surface area contributed by atoms with E-state index in [1.165, 1.54) is 24.3 Å². The summed E-state index contributed by atoms with van der Waals surface area (Å²) in [7, 11) is 0. The second-order valence-electron chi connectivity index (χ2n) is 3.89. The Bertz CT molecular complexity index is 599. The van der Waals surface area contributed by atoms with E-state index >= 15 is 0 Å². The minimum atomic E-state index is -0.456. The van der Waals surface area contributed by atoms with Crippen LogP contribution in [0.2, 0.25) is 0 Å². The topological polar surface area (TPSA) is 55.2 Å². The van der Waals surface area contributed by atoms with Crippen molar-refractivity contribution in [3.63, 3.8) is 0 Å². The second kappa shape index (κ2) is 4.83. The number of non-ortho nitro benzene ring substituents is 1. The number of nitrogens with one attached hydrogen (secondary N) is 1. The second-order valence-corrected chi connectivity index (χ2v) is 3.89. The van der Waals surface area contributed by atoms with Crippen LogP contribution in [0.4, 0.5) is 21.5 Å². The number of aryl methyl sites for hydroxylation is 1. The number of halogens is 1. The lowest BCUT2D eigenvalue weighted by Crippen LogP contribution is -1.95. The van der Waals surface area contributed by atoms with Gasteiger partial charge in [0.1, 0.15) is 5.82 Å². The Hall–Kier alpha value is -2.43. The van der Waals surface area contributed by atoms with Crippen LogP contribution in [-0.2, 0) is 0 Å². The molecule has 4 nitrogen and oxygen atoms in total. The summed E-state index contributed by atoms with van der Waals surface area (Å²) in [5, 5.41) is 13.7. The molecule has 0 heterocycles. The lowest BCUT2D eigenvalue weighted by molar-refractivity contribution is -0.384. The van der Waals surface area contributed by atoms with E-state index in [9.17, 15) is 14.5 Å². The Morgan fingerprint density at radius 1 is 1.22 bits per heavy atom. The first kappa shape index (κ1) is 12.0. The number of benzene rings is 2. The van der Waals surface area contributed by atoms with Crippen LogP contribution in [0.1, 0.15) is 5.56 Å². The van der Waals surface area contributed by atoms with Crippen LogP contribution in [0.3, 0.4) is 0 Å². The lowest BCUT2D eigenvalue weighted by atomic mass is 10.2. The van der Waals surface area contributed by atoms with Crippen LogP contribution in [0.5, 0.6) is 0 Å². The molecule has 5 heteroatoms. The highest BCUT2D eigenvalue weighted by atomic mass is 19.1. The molecule has 0 saturated carbocycles. The summed E-state index contributed by atoms with van der Waals surface area (Å²) >= 11 is 0. The van der Waals surface area contributed by atoms with Crippen molar-refractivity contribution in [2.45, 2.75) is 6.92 Å². The molecule has 0 bridgehead atoms. The van der Waals surface area contributed by atoms with Gasteiger partial charge in [0.2, 0.25) is 0 Å². The van der Waals surface area contributed by atoms with Crippen molar-refractivity contribution in [1.82, 2.24) is 0 Å². The molecule has 0 spiro atoms. The van der Waals surface area contributed by atoms with Crippen molar-refractivity contribution in [1.29, 1.82) is 0 Å². The third kappa shape index (κ3) is 2.63. The Kier molecular flexibility index (Phi) is 3.23. The number of hydrogen-bond acceptors (Lipinski definition) is 3. The minimum Gasteiger partial charge on any atom is -0.355 e. The monoisotopic (exact) mass is 246 g/mol. The average Bonchev–Trinajstić information content (AvgIpc) is 2.33. The number of rotatable bonds is 3. The number of nitrogens with zero attached hydrogens (tertiary/aromatic N) is 1. The third-order valence-electron chi connectivity index (χ3n) is 2.52. The Morgan fingerprint density at radius 2 is 2.00 bits per heavy atom. The van der Waals surface area contributed by atoms with Crippen molar-refractivity contribution < 1.29 is 9.31 Å². The molecule has 0 aliphatic carbocycles. The summed E-state index contributed by atoms with van der Waals surface area (Å²) in [5.41, 5.74) is 2.07. The van der Waals surface area contributed by atoms with Crippen molar-refractivity contribution in [3.05, 3.63) is 64.0 Å². The van der Waals surface area contributed by atoms with Gasteiger partial charge in [-0.15, -0.1) is 0 Å². The summed E-state index contributed by atoms with van der Waals surface area (Å²) in [6.45, 7) is 1.77. The molecule has 1 N–H and O–H groups in total. The molecule has 0 atom stereocenters. The molecule has 2 rings (SSSR count). The first-order valence-corrected chi connectivity index (χ1v) is 5.34. The highest BCUT2D eigenvalue weighted by Gasteiger charge is 2.06. The third-order valence-corrected chi connectivity index (χ3v) is 2.52. The molecule has 0 saturated heterocycles. The summed E-state index contributed by atoms with van der Waals surface area (Å²) < 4.78 is 12.9. The molecule has 2 aromatic carbocycles. The van der Waals surface area contributed by atoms with E-state index in [0.29, 0.717) is 5.69 Å². The Balaban J connectivity index is 2.28. The first-order valence-electron chi connectivity index (χ1n) is 5.34. The van der Waals surface area contributed by atoms with Crippen molar-refractivity contribution in [2.75, 3.05) is 5.32 Å². The fourth-order valence-electron chi connectivity index (χ4n) is 1.62. The van der Waals surface area contributed by atoms with Crippen molar-refractivity contribution >= 4 is 17.1 Å². The maximum atomic E-state index is 12.9.